The Kier molecular flexibility index (Phi) is 2.77. The van der Waals surface area contributed by atoms with Crippen molar-refractivity contribution in [3.8, 4) is 0 Å². The van der Waals surface area contributed by atoms with Gasteiger partial charge in [-0.15, -0.1) is 0 Å². The van der Waals surface area contributed by atoms with Gasteiger partial charge in [0.1, 0.15) is 0 Å². The van der Waals surface area contributed by atoms with Crippen LogP contribution in [0.4, 0.5) is 0 Å². The lowest BCUT2D eigenvalue weighted by molar-refractivity contribution is -0.128. The molecule has 0 spiro atoms. The van der Waals surface area contributed by atoms with Gasteiger partial charge in [-0.25, -0.2) is 0 Å². The topological polar surface area (TPSA) is 37.4 Å². The van der Waals surface area contributed by atoms with Crippen molar-refractivity contribution < 1.29 is 9.59 Å². The predicted molar refractivity (Wildman–Crippen MR) is 61.0 cm³/mol. The highest BCUT2D eigenvalue weighted by atomic mass is 16.2. The minimum Gasteiger partial charge on any atom is -0.331 e. The molecule has 16 heavy (non-hydrogen) atoms. The second kappa shape index (κ2) is 4.08. The SMILES string of the molecule is Cc1ccc(C)c(CN2CC(=O)CC2=O)c1. The minimum absolute atomic E-state index is 0.0234. The summed E-state index contributed by atoms with van der Waals surface area (Å²) in [5.41, 5.74) is 3.47. The quantitative estimate of drug-likeness (QED) is 0.706. The molecule has 1 aliphatic rings. The number of Topliss-reactive ketones (excluding diaryl/α,β-unsaturated/α-hetero) is 1. The minimum atomic E-state index is -0.0501. The van der Waals surface area contributed by atoms with E-state index in [1.54, 1.807) is 4.90 Å². The van der Waals surface area contributed by atoms with E-state index in [-0.39, 0.29) is 24.7 Å². The molecule has 1 fully saturated rings. The van der Waals surface area contributed by atoms with E-state index in [2.05, 4.69) is 12.1 Å². The number of hydrogen-bond acceptors (Lipinski definition) is 2. The Morgan fingerprint density at radius 1 is 1.25 bits per heavy atom. The average molecular weight is 217 g/mol. The zero-order chi connectivity index (χ0) is 11.7. The fraction of sp³-hybridized carbons (Fsp3) is 0.385. The molecule has 1 aliphatic heterocycles. The first kappa shape index (κ1) is 10.9. The fourth-order valence-corrected chi connectivity index (χ4v) is 1.96. The van der Waals surface area contributed by atoms with E-state index in [0.717, 1.165) is 11.1 Å². The lowest BCUT2D eigenvalue weighted by Crippen LogP contribution is -2.25. The number of benzene rings is 1. The van der Waals surface area contributed by atoms with E-state index in [4.69, 9.17) is 0 Å². The summed E-state index contributed by atoms with van der Waals surface area (Å²) in [4.78, 5) is 24.3. The Morgan fingerprint density at radius 3 is 2.62 bits per heavy atom. The molecule has 84 valence electrons. The fourth-order valence-electron chi connectivity index (χ4n) is 1.96. The Balaban J connectivity index is 2.18. The van der Waals surface area contributed by atoms with Crippen LogP contribution < -0.4 is 0 Å². The van der Waals surface area contributed by atoms with Crippen LogP contribution >= 0.6 is 0 Å². The second-order valence-corrected chi connectivity index (χ2v) is 4.40. The van der Waals surface area contributed by atoms with Gasteiger partial charge in [-0.05, 0) is 25.0 Å². The Morgan fingerprint density at radius 2 is 2.00 bits per heavy atom. The van der Waals surface area contributed by atoms with Gasteiger partial charge in [0, 0.05) is 6.54 Å². The molecule has 0 N–H and O–H groups in total. The molecule has 0 unspecified atom stereocenters. The normalized spacial score (nSPS) is 16.0. The van der Waals surface area contributed by atoms with Crippen LogP contribution in [0.1, 0.15) is 23.1 Å². The van der Waals surface area contributed by atoms with Gasteiger partial charge >= 0.3 is 0 Å². The van der Waals surface area contributed by atoms with Gasteiger partial charge in [0.05, 0.1) is 13.0 Å². The average Bonchev–Trinajstić information content (AvgIpc) is 2.51. The molecule has 1 saturated heterocycles. The summed E-state index contributed by atoms with van der Waals surface area (Å²) < 4.78 is 0. The highest BCUT2D eigenvalue weighted by molar-refractivity contribution is 6.05. The Bertz CT molecular complexity index is 451. The third kappa shape index (κ3) is 2.13. The van der Waals surface area contributed by atoms with Crippen molar-refractivity contribution in [1.29, 1.82) is 0 Å². The van der Waals surface area contributed by atoms with Crippen molar-refractivity contribution in [1.82, 2.24) is 4.90 Å². The molecule has 0 atom stereocenters. The van der Waals surface area contributed by atoms with E-state index in [1.807, 2.05) is 19.9 Å². The van der Waals surface area contributed by atoms with Crippen LogP contribution in [0.25, 0.3) is 0 Å². The number of carbonyl (C=O) groups excluding carboxylic acids is 2. The van der Waals surface area contributed by atoms with Crippen molar-refractivity contribution >= 4 is 11.7 Å². The number of carbonyl (C=O) groups is 2. The monoisotopic (exact) mass is 217 g/mol. The largest absolute Gasteiger partial charge is 0.331 e. The zero-order valence-electron chi connectivity index (χ0n) is 9.62. The summed E-state index contributed by atoms with van der Waals surface area (Å²) >= 11 is 0. The molecule has 0 bridgehead atoms. The van der Waals surface area contributed by atoms with Crippen molar-refractivity contribution in [3.05, 3.63) is 34.9 Å². The van der Waals surface area contributed by atoms with Gasteiger partial charge < -0.3 is 4.90 Å². The summed E-state index contributed by atoms with van der Waals surface area (Å²) in [6, 6.07) is 6.17. The third-order valence-electron chi connectivity index (χ3n) is 2.93. The van der Waals surface area contributed by atoms with Crippen LogP contribution in [0.15, 0.2) is 18.2 Å². The zero-order valence-corrected chi connectivity index (χ0v) is 9.62. The van der Waals surface area contributed by atoms with Crippen LogP contribution in [0.5, 0.6) is 0 Å². The number of rotatable bonds is 2. The van der Waals surface area contributed by atoms with Gasteiger partial charge in [0.2, 0.25) is 5.91 Å². The van der Waals surface area contributed by atoms with Crippen molar-refractivity contribution in [2.24, 2.45) is 0 Å². The molecule has 2 rings (SSSR count). The maximum atomic E-state index is 11.5. The number of hydrogen-bond donors (Lipinski definition) is 0. The second-order valence-electron chi connectivity index (χ2n) is 4.40. The standard InChI is InChI=1S/C13H15NO2/c1-9-3-4-10(2)11(5-9)7-14-8-12(15)6-13(14)16/h3-5H,6-8H2,1-2H3. The summed E-state index contributed by atoms with van der Waals surface area (Å²) in [7, 11) is 0. The molecule has 1 aromatic rings. The van der Waals surface area contributed by atoms with Gasteiger partial charge in [0.25, 0.3) is 0 Å². The van der Waals surface area contributed by atoms with Crippen LogP contribution in [0, 0.1) is 13.8 Å². The molecule has 0 aliphatic carbocycles. The van der Waals surface area contributed by atoms with E-state index >= 15 is 0 Å². The molecule has 0 aromatic heterocycles. The van der Waals surface area contributed by atoms with E-state index in [9.17, 15) is 9.59 Å². The molecule has 3 nitrogen and oxygen atoms in total. The molecule has 1 heterocycles. The Labute approximate surface area is 95.1 Å². The number of aryl methyl sites for hydroxylation is 2. The van der Waals surface area contributed by atoms with Crippen LogP contribution in [0.3, 0.4) is 0 Å². The van der Waals surface area contributed by atoms with E-state index in [1.165, 1.54) is 5.56 Å². The van der Waals surface area contributed by atoms with Crippen LogP contribution in [-0.2, 0) is 16.1 Å². The predicted octanol–water partition coefficient (Wildman–Crippen LogP) is 1.60. The third-order valence-corrected chi connectivity index (χ3v) is 2.93. The lowest BCUT2D eigenvalue weighted by atomic mass is 10.1. The van der Waals surface area contributed by atoms with E-state index in [0.29, 0.717) is 6.54 Å². The number of ketones is 1. The molecule has 0 radical (unpaired) electrons. The smallest absolute Gasteiger partial charge is 0.230 e. The molecular formula is C13H15NO2. The number of likely N-dealkylation sites (tertiary alicyclic amines) is 1. The summed E-state index contributed by atoms with van der Waals surface area (Å²) in [5.74, 6) is -0.0267. The first-order chi connectivity index (χ1) is 7.56. The van der Waals surface area contributed by atoms with Gasteiger partial charge in [-0.2, -0.15) is 0 Å². The Hall–Kier alpha value is -1.64. The highest BCUT2D eigenvalue weighted by Gasteiger charge is 2.27. The molecule has 1 aromatic carbocycles. The molecular weight excluding hydrogens is 202 g/mol. The van der Waals surface area contributed by atoms with E-state index < -0.39 is 0 Å². The van der Waals surface area contributed by atoms with Crippen LogP contribution in [0.2, 0.25) is 0 Å². The lowest BCUT2D eigenvalue weighted by Gasteiger charge is -2.16. The molecule has 3 heteroatoms. The highest BCUT2D eigenvalue weighted by Crippen LogP contribution is 2.16. The number of amides is 1. The summed E-state index contributed by atoms with van der Waals surface area (Å²) in [6.07, 6.45) is 0.0743. The number of nitrogens with zero attached hydrogens (tertiary/aromatic N) is 1. The van der Waals surface area contributed by atoms with Crippen molar-refractivity contribution in [3.63, 3.8) is 0 Å². The van der Waals surface area contributed by atoms with Crippen molar-refractivity contribution in [2.75, 3.05) is 6.54 Å². The molecule has 1 amide bonds. The van der Waals surface area contributed by atoms with Gasteiger partial charge in [-0.3, -0.25) is 9.59 Å². The first-order valence-electron chi connectivity index (χ1n) is 5.42. The van der Waals surface area contributed by atoms with Gasteiger partial charge in [0.15, 0.2) is 5.78 Å². The summed E-state index contributed by atoms with van der Waals surface area (Å²) in [5, 5.41) is 0. The summed E-state index contributed by atoms with van der Waals surface area (Å²) in [6.45, 7) is 4.88. The van der Waals surface area contributed by atoms with Crippen molar-refractivity contribution in [2.45, 2.75) is 26.8 Å². The molecule has 0 saturated carbocycles. The first-order valence-corrected chi connectivity index (χ1v) is 5.42. The van der Waals surface area contributed by atoms with Gasteiger partial charge in [-0.1, -0.05) is 23.8 Å². The maximum absolute atomic E-state index is 11.5. The maximum Gasteiger partial charge on any atom is 0.230 e. The van der Waals surface area contributed by atoms with Crippen LogP contribution in [-0.4, -0.2) is 23.1 Å².